The van der Waals surface area contributed by atoms with Gasteiger partial charge in [-0.3, -0.25) is 14.4 Å². The molecule has 0 radical (unpaired) electrons. The van der Waals surface area contributed by atoms with E-state index in [1.165, 1.54) is 11.1 Å². The maximum absolute atomic E-state index is 13.6. The number of aryl methyl sites for hydroxylation is 2. The molecule has 2 amide bonds. The van der Waals surface area contributed by atoms with E-state index in [0.717, 1.165) is 52.4 Å². The molecule has 248 valence electrons. The summed E-state index contributed by atoms with van der Waals surface area (Å²) in [6, 6.07) is 33.9. The van der Waals surface area contributed by atoms with Gasteiger partial charge in [0.2, 0.25) is 11.8 Å². The number of benzene rings is 4. The van der Waals surface area contributed by atoms with Crippen LogP contribution in [0.1, 0.15) is 54.9 Å². The van der Waals surface area contributed by atoms with Crippen molar-refractivity contribution >= 4 is 28.7 Å². The summed E-state index contributed by atoms with van der Waals surface area (Å²) >= 11 is 0. The number of aromatic nitrogens is 1. The molecule has 0 saturated heterocycles. The van der Waals surface area contributed by atoms with Crippen LogP contribution in [-0.4, -0.2) is 40.5 Å². The minimum Gasteiger partial charge on any atom is -0.481 e. The third kappa shape index (κ3) is 9.67. The average molecular weight is 644 g/mol. The van der Waals surface area contributed by atoms with E-state index < -0.39 is 23.8 Å². The predicted molar refractivity (Wildman–Crippen MR) is 192 cm³/mol. The number of nitrogens with one attached hydrogen (secondary N) is 3. The second-order valence-corrected chi connectivity index (χ2v) is 12.5. The van der Waals surface area contributed by atoms with Crippen LogP contribution in [0.15, 0.2) is 109 Å². The third-order valence-electron chi connectivity index (χ3n) is 8.88. The number of aromatic amines is 1. The van der Waals surface area contributed by atoms with Crippen molar-refractivity contribution in [3.05, 3.63) is 132 Å². The fraction of sp³-hybridized carbons (Fsp3) is 0.293. The first kappa shape index (κ1) is 34.2. The Balaban J connectivity index is 1.22. The zero-order valence-corrected chi connectivity index (χ0v) is 27.6. The van der Waals surface area contributed by atoms with Crippen LogP contribution in [-0.2, 0) is 40.1 Å². The number of fused-ring (bicyclic) bond motifs is 1. The first-order chi connectivity index (χ1) is 23.4. The van der Waals surface area contributed by atoms with Gasteiger partial charge >= 0.3 is 5.97 Å². The molecule has 0 aliphatic carbocycles. The summed E-state index contributed by atoms with van der Waals surface area (Å²) in [4.78, 5) is 42.2. The molecule has 1 aromatic heterocycles. The van der Waals surface area contributed by atoms with Crippen LogP contribution < -0.4 is 10.6 Å². The number of carboxylic acids is 1. The van der Waals surface area contributed by atoms with Gasteiger partial charge in [-0.15, -0.1) is 0 Å². The van der Waals surface area contributed by atoms with E-state index in [-0.39, 0.29) is 18.7 Å². The van der Waals surface area contributed by atoms with Gasteiger partial charge in [-0.25, -0.2) is 0 Å². The topological polar surface area (TPSA) is 111 Å². The van der Waals surface area contributed by atoms with Gasteiger partial charge in [0.05, 0.1) is 6.42 Å². The van der Waals surface area contributed by atoms with Crippen molar-refractivity contribution in [2.75, 3.05) is 6.54 Å². The Morgan fingerprint density at radius 2 is 1.35 bits per heavy atom. The van der Waals surface area contributed by atoms with E-state index in [1.54, 1.807) is 0 Å². The second kappa shape index (κ2) is 17.1. The molecule has 0 spiro atoms. The van der Waals surface area contributed by atoms with Gasteiger partial charge in [-0.2, -0.15) is 0 Å². The quantitative estimate of drug-likeness (QED) is 0.0853. The summed E-state index contributed by atoms with van der Waals surface area (Å²) in [5.74, 6) is -2.50. The number of hydrogen-bond acceptors (Lipinski definition) is 3. The van der Waals surface area contributed by atoms with E-state index >= 15 is 0 Å². The molecule has 4 N–H and O–H groups in total. The Morgan fingerprint density at radius 3 is 2.02 bits per heavy atom. The highest BCUT2D eigenvalue weighted by molar-refractivity contribution is 5.91. The maximum Gasteiger partial charge on any atom is 0.304 e. The lowest BCUT2D eigenvalue weighted by atomic mass is 9.94. The van der Waals surface area contributed by atoms with Gasteiger partial charge in [0.1, 0.15) is 6.04 Å². The molecule has 0 bridgehead atoms. The van der Waals surface area contributed by atoms with Gasteiger partial charge in [0.25, 0.3) is 0 Å². The van der Waals surface area contributed by atoms with Gasteiger partial charge in [0, 0.05) is 36.0 Å². The molecule has 48 heavy (non-hydrogen) atoms. The van der Waals surface area contributed by atoms with E-state index in [0.29, 0.717) is 25.8 Å². The van der Waals surface area contributed by atoms with Crippen molar-refractivity contribution < 1.29 is 19.5 Å². The Labute approximate surface area is 282 Å². The molecular formula is C41H45N3O4. The molecule has 2 unspecified atom stereocenters. The molecule has 0 saturated carbocycles. The number of aliphatic carboxylic acids is 1. The summed E-state index contributed by atoms with van der Waals surface area (Å²) in [5, 5.41) is 16.6. The Bertz CT molecular complexity index is 1780. The summed E-state index contributed by atoms with van der Waals surface area (Å²) in [5.41, 5.74) is 7.75. The van der Waals surface area contributed by atoms with Crippen molar-refractivity contribution in [3.8, 4) is 11.1 Å². The zero-order valence-electron chi connectivity index (χ0n) is 27.6. The molecule has 0 fully saturated rings. The number of rotatable bonds is 17. The van der Waals surface area contributed by atoms with Crippen molar-refractivity contribution in [1.29, 1.82) is 0 Å². The molecule has 5 rings (SSSR count). The van der Waals surface area contributed by atoms with Crippen molar-refractivity contribution in [2.24, 2.45) is 5.92 Å². The Morgan fingerprint density at radius 1 is 0.729 bits per heavy atom. The van der Waals surface area contributed by atoms with Crippen LogP contribution in [0.25, 0.3) is 22.0 Å². The minimum atomic E-state index is -1.04. The molecule has 7 nitrogen and oxygen atoms in total. The van der Waals surface area contributed by atoms with Crippen molar-refractivity contribution in [1.82, 2.24) is 15.6 Å². The normalized spacial score (nSPS) is 12.4. The lowest BCUT2D eigenvalue weighted by molar-refractivity contribution is -0.141. The molecule has 5 aromatic rings. The summed E-state index contributed by atoms with van der Waals surface area (Å²) in [7, 11) is 0. The number of carbonyl (C=O) groups excluding carboxylic acids is 2. The second-order valence-electron chi connectivity index (χ2n) is 12.5. The monoisotopic (exact) mass is 643 g/mol. The first-order valence-corrected chi connectivity index (χ1v) is 17.0. The molecule has 4 aromatic carbocycles. The lowest BCUT2D eigenvalue weighted by Crippen LogP contribution is -2.50. The molecule has 0 aliphatic rings. The van der Waals surface area contributed by atoms with Crippen molar-refractivity contribution in [2.45, 2.75) is 64.3 Å². The van der Waals surface area contributed by atoms with Crippen LogP contribution in [0, 0.1) is 5.92 Å². The highest BCUT2D eigenvalue weighted by Crippen LogP contribution is 2.23. The molecule has 0 aliphatic heterocycles. The van der Waals surface area contributed by atoms with E-state index in [9.17, 15) is 19.5 Å². The summed E-state index contributed by atoms with van der Waals surface area (Å²) < 4.78 is 0. The lowest BCUT2D eigenvalue weighted by Gasteiger charge is -2.22. The van der Waals surface area contributed by atoms with Gasteiger partial charge in [-0.05, 0) is 71.6 Å². The fourth-order valence-corrected chi connectivity index (χ4v) is 6.22. The number of amides is 2. The van der Waals surface area contributed by atoms with Crippen LogP contribution in [0.2, 0.25) is 0 Å². The molecule has 2 atom stereocenters. The third-order valence-corrected chi connectivity index (χ3v) is 8.88. The summed E-state index contributed by atoms with van der Waals surface area (Å²) in [6.45, 7) is 2.60. The highest BCUT2D eigenvalue weighted by atomic mass is 16.4. The summed E-state index contributed by atoms with van der Waals surface area (Å²) in [6.07, 6.45) is 6.47. The first-order valence-electron chi connectivity index (χ1n) is 17.0. The van der Waals surface area contributed by atoms with E-state index in [2.05, 4.69) is 71.1 Å². The Hall–Kier alpha value is -5.17. The van der Waals surface area contributed by atoms with E-state index in [1.807, 2.05) is 60.8 Å². The molecular weight excluding hydrogens is 598 g/mol. The molecule has 1 heterocycles. The van der Waals surface area contributed by atoms with Crippen LogP contribution >= 0.6 is 0 Å². The number of para-hydroxylation sites is 1. The number of carboxylic acid groups (broad SMARTS) is 1. The fourth-order valence-electron chi connectivity index (χ4n) is 6.22. The average Bonchev–Trinajstić information content (AvgIpc) is 3.51. The number of H-pyrrole nitrogens is 1. The largest absolute Gasteiger partial charge is 0.481 e. The highest BCUT2D eigenvalue weighted by Gasteiger charge is 2.28. The van der Waals surface area contributed by atoms with Gasteiger partial charge in [-0.1, -0.05) is 110 Å². The van der Waals surface area contributed by atoms with Crippen LogP contribution in [0.3, 0.4) is 0 Å². The smallest absolute Gasteiger partial charge is 0.304 e. The van der Waals surface area contributed by atoms with E-state index in [4.69, 9.17) is 0 Å². The maximum atomic E-state index is 13.6. The van der Waals surface area contributed by atoms with Gasteiger partial charge in [0.15, 0.2) is 0 Å². The Kier molecular flexibility index (Phi) is 12.2. The predicted octanol–water partition coefficient (Wildman–Crippen LogP) is 7.29. The standard InChI is InChI=1S/C41H45N3O4/c1-2-9-29-16-20-32(21-17-29)33-22-18-31(19-23-33)12-8-13-34(27-39(45)46)40(47)44-38(26-35-28-43-37-15-7-6-14-36(35)37)41(48)42-25-24-30-10-4-3-5-11-30/h3-7,10-11,14-23,28,34,38,43H,2,8-9,12-13,24-27H2,1H3,(H,42,48)(H,44,47)(H,45,46). The van der Waals surface area contributed by atoms with Crippen LogP contribution in [0.4, 0.5) is 0 Å². The van der Waals surface area contributed by atoms with Crippen LogP contribution in [0.5, 0.6) is 0 Å². The zero-order chi connectivity index (χ0) is 33.7. The SMILES string of the molecule is CCCc1ccc(-c2ccc(CCCC(CC(=O)O)C(=O)NC(Cc3c[nH]c4ccccc34)C(=O)NCCc3ccccc3)cc2)cc1. The number of hydrogen-bond donors (Lipinski definition) is 4. The minimum absolute atomic E-state index is 0.278. The number of carbonyl (C=O) groups is 3. The molecule has 7 heteroatoms. The van der Waals surface area contributed by atoms with Crippen molar-refractivity contribution in [3.63, 3.8) is 0 Å². The van der Waals surface area contributed by atoms with Gasteiger partial charge < -0.3 is 20.7 Å².